The molecule has 1 aliphatic rings. The number of carboxylic acid groups (broad SMARTS) is 1. The van der Waals surface area contributed by atoms with E-state index in [1.54, 1.807) is 0 Å². The second-order valence-corrected chi connectivity index (χ2v) is 5.99. The van der Waals surface area contributed by atoms with Crippen molar-refractivity contribution in [3.63, 3.8) is 0 Å². The molecule has 1 aliphatic heterocycles. The van der Waals surface area contributed by atoms with Crippen LogP contribution in [0.4, 0.5) is 4.79 Å². The minimum absolute atomic E-state index is 0.0868. The standard InChI is InChI=1S/C12H20N2O3S/c1-7(2)5-13-12(17)14-9(11(15)16)6-18-10(14)8(3)4/h8-10H,1,5-6H2,2-4H3,(H,13,17)(H,15,16). The zero-order chi connectivity index (χ0) is 13.9. The maximum absolute atomic E-state index is 12.1. The molecule has 2 unspecified atom stereocenters. The Balaban J connectivity index is 2.79. The smallest absolute Gasteiger partial charge is 0.327 e. The van der Waals surface area contributed by atoms with Gasteiger partial charge in [-0.15, -0.1) is 11.8 Å². The highest BCUT2D eigenvalue weighted by atomic mass is 32.2. The van der Waals surface area contributed by atoms with Crippen molar-refractivity contribution in [3.05, 3.63) is 12.2 Å². The number of carbonyl (C=O) groups excluding carboxylic acids is 1. The van der Waals surface area contributed by atoms with Gasteiger partial charge >= 0.3 is 12.0 Å². The van der Waals surface area contributed by atoms with Gasteiger partial charge in [0, 0.05) is 12.3 Å². The molecular formula is C12H20N2O3S. The van der Waals surface area contributed by atoms with Gasteiger partial charge in [-0.25, -0.2) is 9.59 Å². The van der Waals surface area contributed by atoms with Gasteiger partial charge in [-0.3, -0.25) is 4.90 Å². The van der Waals surface area contributed by atoms with Crippen LogP contribution in [0.1, 0.15) is 20.8 Å². The van der Waals surface area contributed by atoms with Gasteiger partial charge in [-0.1, -0.05) is 26.0 Å². The fraction of sp³-hybridized carbons (Fsp3) is 0.667. The molecule has 5 nitrogen and oxygen atoms in total. The number of aliphatic carboxylic acids is 1. The number of carboxylic acids is 1. The number of hydrogen-bond donors (Lipinski definition) is 2. The van der Waals surface area contributed by atoms with Crippen LogP contribution in [0.25, 0.3) is 0 Å². The third-order valence-electron chi connectivity index (χ3n) is 2.67. The Morgan fingerprint density at radius 1 is 1.56 bits per heavy atom. The molecule has 2 atom stereocenters. The summed E-state index contributed by atoms with van der Waals surface area (Å²) in [6, 6.07) is -1.07. The van der Waals surface area contributed by atoms with E-state index < -0.39 is 12.0 Å². The molecule has 1 heterocycles. The molecule has 6 heteroatoms. The third-order valence-corrected chi connectivity index (χ3v) is 4.29. The highest BCUT2D eigenvalue weighted by molar-refractivity contribution is 8.00. The number of urea groups is 1. The van der Waals surface area contributed by atoms with Gasteiger partial charge in [0.2, 0.25) is 0 Å². The number of nitrogens with zero attached hydrogens (tertiary/aromatic N) is 1. The molecule has 2 N–H and O–H groups in total. The molecule has 0 spiro atoms. The number of hydrogen-bond acceptors (Lipinski definition) is 3. The molecule has 18 heavy (non-hydrogen) atoms. The van der Waals surface area contributed by atoms with Crippen molar-refractivity contribution in [1.82, 2.24) is 10.2 Å². The lowest BCUT2D eigenvalue weighted by molar-refractivity contribution is -0.141. The topological polar surface area (TPSA) is 69.6 Å². The molecule has 0 aromatic rings. The first-order chi connectivity index (χ1) is 8.34. The molecule has 2 amide bonds. The quantitative estimate of drug-likeness (QED) is 0.765. The summed E-state index contributed by atoms with van der Waals surface area (Å²) in [7, 11) is 0. The largest absolute Gasteiger partial charge is 0.480 e. The molecule has 1 rings (SSSR count). The summed E-state index contributed by atoms with van der Waals surface area (Å²) in [5, 5.41) is 11.8. The Hall–Kier alpha value is -1.17. The molecular weight excluding hydrogens is 252 g/mol. The van der Waals surface area contributed by atoms with E-state index in [1.807, 2.05) is 20.8 Å². The van der Waals surface area contributed by atoms with E-state index in [0.29, 0.717) is 12.3 Å². The highest BCUT2D eigenvalue weighted by Gasteiger charge is 2.42. The molecule has 1 saturated heterocycles. The second-order valence-electron chi connectivity index (χ2n) is 4.85. The van der Waals surface area contributed by atoms with Gasteiger partial charge in [-0.05, 0) is 12.8 Å². The molecule has 0 aromatic carbocycles. The minimum Gasteiger partial charge on any atom is -0.480 e. The molecule has 0 saturated carbocycles. The van der Waals surface area contributed by atoms with Crippen LogP contribution in [0.15, 0.2) is 12.2 Å². The maximum atomic E-state index is 12.1. The van der Waals surface area contributed by atoms with Gasteiger partial charge in [0.1, 0.15) is 6.04 Å². The average molecular weight is 272 g/mol. The first-order valence-electron chi connectivity index (χ1n) is 5.89. The van der Waals surface area contributed by atoms with Gasteiger partial charge < -0.3 is 10.4 Å². The van der Waals surface area contributed by atoms with E-state index in [4.69, 9.17) is 5.11 Å². The Morgan fingerprint density at radius 2 is 2.17 bits per heavy atom. The van der Waals surface area contributed by atoms with Crippen molar-refractivity contribution in [2.75, 3.05) is 12.3 Å². The van der Waals surface area contributed by atoms with Crippen molar-refractivity contribution in [2.24, 2.45) is 5.92 Å². The van der Waals surface area contributed by atoms with Crippen molar-refractivity contribution in [3.8, 4) is 0 Å². The summed E-state index contributed by atoms with van der Waals surface area (Å²) >= 11 is 1.52. The van der Waals surface area contributed by atoms with Crippen LogP contribution in [0.2, 0.25) is 0 Å². The molecule has 0 aliphatic carbocycles. The zero-order valence-electron chi connectivity index (χ0n) is 11.0. The van der Waals surface area contributed by atoms with Crippen molar-refractivity contribution in [1.29, 1.82) is 0 Å². The number of thioether (sulfide) groups is 1. The molecule has 1 fully saturated rings. The molecule has 0 radical (unpaired) electrons. The van der Waals surface area contributed by atoms with Gasteiger partial charge in [-0.2, -0.15) is 0 Å². The van der Waals surface area contributed by atoms with E-state index in [-0.39, 0.29) is 17.3 Å². The Morgan fingerprint density at radius 3 is 2.61 bits per heavy atom. The van der Waals surface area contributed by atoms with Crippen LogP contribution in [-0.4, -0.2) is 45.7 Å². The third kappa shape index (κ3) is 3.41. The summed E-state index contributed by atoms with van der Waals surface area (Å²) in [4.78, 5) is 24.7. The average Bonchev–Trinajstić information content (AvgIpc) is 2.70. The first kappa shape index (κ1) is 14.9. The lowest BCUT2D eigenvalue weighted by atomic mass is 10.1. The fourth-order valence-corrected chi connectivity index (χ4v) is 3.28. The van der Waals surface area contributed by atoms with E-state index in [9.17, 15) is 9.59 Å². The Bertz CT molecular complexity index is 357. The van der Waals surface area contributed by atoms with Crippen molar-refractivity contribution < 1.29 is 14.7 Å². The van der Waals surface area contributed by atoms with Crippen LogP contribution in [-0.2, 0) is 4.79 Å². The van der Waals surface area contributed by atoms with Gasteiger partial charge in [0.25, 0.3) is 0 Å². The maximum Gasteiger partial charge on any atom is 0.327 e. The minimum atomic E-state index is -0.948. The summed E-state index contributed by atoms with van der Waals surface area (Å²) in [5.41, 5.74) is 0.836. The molecule has 102 valence electrons. The molecule has 0 bridgehead atoms. The van der Waals surface area contributed by atoms with Crippen LogP contribution in [0.3, 0.4) is 0 Å². The SMILES string of the molecule is C=C(C)CNC(=O)N1C(C(=O)O)CSC1C(C)C. The summed E-state index contributed by atoms with van der Waals surface area (Å²) < 4.78 is 0. The fourth-order valence-electron chi connectivity index (χ4n) is 1.81. The van der Waals surface area contributed by atoms with Crippen molar-refractivity contribution in [2.45, 2.75) is 32.2 Å². The number of rotatable bonds is 4. The monoisotopic (exact) mass is 272 g/mol. The first-order valence-corrected chi connectivity index (χ1v) is 6.94. The predicted octanol–water partition coefficient (Wildman–Crippen LogP) is 1.76. The number of nitrogens with one attached hydrogen (secondary N) is 1. The Labute approximate surface area is 112 Å². The summed E-state index contributed by atoms with van der Waals surface area (Å²) in [5.74, 6) is -0.287. The summed E-state index contributed by atoms with van der Waals surface area (Å²) in [6.07, 6.45) is 0. The highest BCUT2D eigenvalue weighted by Crippen LogP contribution is 2.33. The predicted molar refractivity (Wildman–Crippen MR) is 72.6 cm³/mol. The zero-order valence-corrected chi connectivity index (χ0v) is 11.8. The summed E-state index contributed by atoms with van der Waals surface area (Å²) in [6.45, 7) is 9.87. The lowest BCUT2D eigenvalue weighted by Crippen LogP contribution is -2.51. The van der Waals surface area contributed by atoms with Gasteiger partial charge in [0.05, 0.1) is 5.37 Å². The lowest BCUT2D eigenvalue weighted by Gasteiger charge is -2.29. The normalized spacial score (nSPS) is 23.2. The van der Waals surface area contributed by atoms with Crippen LogP contribution < -0.4 is 5.32 Å². The van der Waals surface area contributed by atoms with Crippen LogP contribution in [0, 0.1) is 5.92 Å². The van der Waals surface area contributed by atoms with E-state index in [0.717, 1.165) is 5.57 Å². The number of amides is 2. The van der Waals surface area contributed by atoms with E-state index in [2.05, 4.69) is 11.9 Å². The Kier molecular flexibility index (Phi) is 5.07. The van der Waals surface area contributed by atoms with E-state index >= 15 is 0 Å². The van der Waals surface area contributed by atoms with Crippen LogP contribution >= 0.6 is 11.8 Å². The molecule has 0 aromatic heterocycles. The number of carbonyl (C=O) groups is 2. The van der Waals surface area contributed by atoms with Crippen LogP contribution in [0.5, 0.6) is 0 Å². The van der Waals surface area contributed by atoms with E-state index in [1.165, 1.54) is 16.7 Å². The van der Waals surface area contributed by atoms with Gasteiger partial charge in [0.15, 0.2) is 0 Å². The van der Waals surface area contributed by atoms with Crippen molar-refractivity contribution >= 4 is 23.8 Å². The second kappa shape index (κ2) is 6.13.